The van der Waals surface area contributed by atoms with E-state index in [1.807, 2.05) is 12.1 Å². The van der Waals surface area contributed by atoms with Gasteiger partial charge in [0, 0.05) is 9.37 Å². The maximum absolute atomic E-state index is 8.93. The van der Waals surface area contributed by atoms with Crippen LogP contribution in [0.15, 0.2) is 37.4 Å². The summed E-state index contributed by atoms with van der Waals surface area (Å²) in [6, 6.07) is 7.69. The number of nitrogens with zero attached hydrogens (tertiary/aromatic N) is 3. The molecule has 2 rings (SSSR count). The Morgan fingerprint density at radius 2 is 2.33 bits per heavy atom. The summed E-state index contributed by atoms with van der Waals surface area (Å²) in [6.45, 7) is 0. The Labute approximate surface area is 103 Å². The molecule has 0 fully saturated rings. The second kappa shape index (κ2) is 4.75. The van der Waals surface area contributed by atoms with Gasteiger partial charge >= 0.3 is 0 Å². The molecule has 74 valence electrons. The minimum atomic E-state index is 0.651. The molecule has 0 saturated carbocycles. The lowest BCUT2D eigenvalue weighted by atomic mass is 10.2. The third kappa shape index (κ3) is 2.56. The zero-order valence-corrected chi connectivity index (χ0v) is 10.6. The van der Waals surface area contributed by atoms with Gasteiger partial charge in [0.1, 0.15) is 11.6 Å². The maximum atomic E-state index is 8.93. The number of rotatable bonds is 2. The molecule has 1 aromatic heterocycles. The highest BCUT2D eigenvalue weighted by atomic mass is 79.9. The van der Waals surface area contributed by atoms with Crippen molar-refractivity contribution < 1.29 is 0 Å². The van der Waals surface area contributed by atoms with E-state index in [1.54, 1.807) is 11.6 Å². The van der Waals surface area contributed by atoms with Crippen LogP contribution in [0.25, 0.3) is 0 Å². The van der Waals surface area contributed by atoms with E-state index in [2.05, 4.69) is 32.2 Å². The second-order valence-corrected chi connectivity index (χ2v) is 5.60. The quantitative estimate of drug-likeness (QED) is 0.853. The topological polar surface area (TPSA) is 49.6 Å². The Balaban J connectivity index is 2.35. The lowest BCUT2D eigenvalue weighted by molar-refractivity contribution is 1.01. The highest BCUT2D eigenvalue weighted by molar-refractivity contribution is 9.10. The monoisotopic (exact) mass is 297 g/mol. The first-order valence-electron chi connectivity index (χ1n) is 3.93. The number of hydrogen-bond acceptors (Lipinski definition) is 5. The van der Waals surface area contributed by atoms with Crippen LogP contribution >= 0.6 is 39.0 Å². The van der Waals surface area contributed by atoms with Crippen molar-refractivity contribution in [3.8, 4) is 6.07 Å². The van der Waals surface area contributed by atoms with E-state index >= 15 is 0 Å². The smallest absolute Gasteiger partial charge is 0.178 e. The van der Waals surface area contributed by atoms with E-state index in [4.69, 9.17) is 5.26 Å². The second-order valence-electron chi connectivity index (χ2n) is 2.56. The number of nitriles is 1. The van der Waals surface area contributed by atoms with Crippen LogP contribution < -0.4 is 0 Å². The van der Waals surface area contributed by atoms with Gasteiger partial charge in [0.05, 0.1) is 5.56 Å². The third-order valence-corrected chi connectivity index (χ3v) is 3.93. The average molecular weight is 298 g/mol. The summed E-state index contributed by atoms with van der Waals surface area (Å²) in [6.07, 6.45) is 0. The standard InChI is InChI=1S/C9H4BrN3S2/c10-7-2-1-6(4-11)8(3-7)15-9-13-12-5-14-9/h1-3,5H. The van der Waals surface area contributed by atoms with Crippen molar-refractivity contribution in [1.82, 2.24) is 10.2 Å². The summed E-state index contributed by atoms with van der Waals surface area (Å²) in [7, 11) is 0. The molecule has 0 aliphatic rings. The third-order valence-electron chi connectivity index (χ3n) is 1.60. The van der Waals surface area contributed by atoms with Gasteiger partial charge in [-0.25, -0.2) is 0 Å². The van der Waals surface area contributed by atoms with Crippen LogP contribution in [0.4, 0.5) is 0 Å². The van der Waals surface area contributed by atoms with E-state index in [0.29, 0.717) is 5.56 Å². The molecule has 0 bridgehead atoms. The average Bonchev–Trinajstić information content (AvgIpc) is 2.71. The highest BCUT2D eigenvalue weighted by Gasteiger charge is 2.06. The fraction of sp³-hybridized carbons (Fsp3) is 0. The minimum Gasteiger partial charge on any atom is -0.192 e. The first-order valence-corrected chi connectivity index (χ1v) is 6.42. The summed E-state index contributed by atoms with van der Waals surface area (Å²) >= 11 is 6.29. The SMILES string of the molecule is N#Cc1ccc(Br)cc1Sc1nncs1. The Morgan fingerprint density at radius 1 is 1.47 bits per heavy atom. The van der Waals surface area contributed by atoms with E-state index in [0.717, 1.165) is 13.7 Å². The minimum absolute atomic E-state index is 0.651. The summed E-state index contributed by atoms with van der Waals surface area (Å²) in [5.41, 5.74) is 2.32. The number of aromatic nitrogens is 2. The molecule has 2 aromatic rings. The molecule has 3 nitrogen and oxygen atoms in total. The largest absolute Gasteiger partial charge is 0.192 e. The van der Waals surface area contributed by atoms with Crippen molar-refractivity contribution in [3.05, 3.63) is 33.7 Å². The Morgan fingerprint density at radius 3 is 3.00 bits per heavy atom. The normalized spacial score (nSPS) is 9.87. The Bertz CT molecular complexity index is 505. The lowest BCUT2D eigenvalue weighted by Crippen LogP contribution is -1.81. The van der Waals surface area contributed by atoms with Gasteiger partial charge in [-0.15, -0.1) is 10.2 Å². The summed E-state index contributed by atoms with van der Waals surface area (Å²) in [4.78, 5) is 0.892. The molecule has 0 radical (unpaired) electrons. The zero-order chi connectivity index (χ0) is 10.7. The molecule has 0 unspecified atom stereocenters. The van der Waals surface area contributed by atoms with Gasteiger partial charge in [0.2, 0.25) is 0 Å². The summed E-state index contributed by atoms with van der Waals surface area (Å²) in [5, 5.41) is 16.6. The van der Waals surface area contributed by atoms with Gasteiger partial charge in [-0.2, -0.15) is 5.26 Å². The predicted molar refractivity (Wildman–Crippen MR) is 62.9 cm³/mol. The molecular weight excluding hydrogens is 294 g/mol. The van der Waals surface area contributed by atoms with E-state index in [-0.39, 0.29) is 0 Å². The van der Waals surface area contributed by atoms with Crippen LogP contribution in [-0.4, -0.2) is 10.2 Å². The van der Waals surface area contributed by atoms with Gasteiger partial charge in [-0.3, -0.25) is 0 Å². The molecule has 0 amide bonds. The summed E-state index contributed by atoms with van der Waals surface area (Å²) < 4.78 is 1.79. The van der Waals surface area contributed by atoms with E-state index in [9.17, 15) is 0 Å². The van der Waals surface area contributed by atoms with Crippen molar-refractivity contribution >= 4 is 39.0 Å². The van der Waals surface area contributed by atoms with Crippen LogP contribution in [0.1, 0.15) is 5.56 Å². The fourth-order valence-electron chi connectivity index (χ4n) is 0.974. The van der Waals surface area contributed by atoms with Crippen LogP contribution in [-0.2, 0) is 0 Å². The van der Waals surface area contributed by atoms with E-state index < -0.39 is 0 Å². The van der Waals surface area contributed by atoms with Crippen molar-refractivity contribution in [2.75, 3.05) is 0 Å². The fourth-order valence-corrected chi connectivity index (χ4v) is 3.04. The molecule has 0 atom stereocenters. The molecule has 1 heterocycles. The number of benzene rings is 1. The summed E-state index contributed by atoms with van der Waals surface area (Å²) in [5.74, 6) is 0. The maximum Gasteiger partial charge on any atom is 0.178 e. The molecular formula is C9H4BrN3S2. The van der Waals surface area contributed by atoms with Gasteiger partial charge in [-0.05, 0) is 18.2 Å². The van der Waals surface area contributed by atoms with E-state index in [1.165, 1.54) is 23.1 Å². The first kappa shape index (κ1) is 10.6. The van der Waals surface area contributed by atoms with Crippen LogP contribution in [0.2, 0.25) is 0 Å². The van der Waals surface area contributed by atoms with Crippen molar-refractivity contribution in [3.63, 3.8) is 0 Å². The molecule has 6 heteroatoms. The van der Waals surface area contributed by atoms with Crippen LogP contribution in [0, 0.1) is 11.3 Å². The van der Waals surface area contributed by atoms with Crippen molar-refractivity contribution in [2.45, 2.75) is 9.24 Å². The zero-order valence-electron chi connectivity index (χ0n) is 7.35. The van der Waals surface area contributed by atoms with Crippen molar-refractivity contribution in [1.29, 1.82) is 5.26 Å². The molecule has 0 N–H and O–H groups in total. The van der Waals surface area contributed by atoms with Gasteiger partial charge < -0.3 is 0 Å². The number of halogens is 1. The lowest BCUT2D eigenvalue weighted by Gasteiger charge is -2.00. The Kier molecular flexibility index (Phi) is 3.36. The highest BCUT2D eigenvalue weighted by Crippen LogP contribution is 2.32. The van der Waals surface area contributed by atoms with Gasteiger partial charge in [-0.1, -0.05) is 39.0 Å². The Hall–Kier alpha value is -0.900. The van der Waals surface area contributed by atoms with Crippen LogP contribution in [0.3, 0.4) is 0 Å². The van der Waals surface area contributed by atoms with Crippen LogP contribution in [0.5, 0.6) is 0 Å². The first-order chi connectivity index (χ1) is 7.29. The molecule has 15 heavy (non-hydrogen) atoms. The van der Waals surface area contributed by atoms with Crippen molar-refractivity contribution in [2.24, 2.45) is 0 Å². The molecule has 1 aromatic carbocycles. The predicted octanol–water partition coefficient (Wildman–Crippen LogP) is 3.32. The molecule has 0 aliphatic carbocycles. The molecule has 0 saturated heterocycles. The van der Waals surface area contributed by atoms with Gasteiger partial charge in [0.25, 0.3) is 0 Å². The molecule has 0 aliphatic heterocycles. The molecule has 0 spiro atoms. The number of hydrogen-bond donors (Lipinski definition) is 0. The van der Waals surface area contributed by atoms with Gasteiger partial charge in [0.15, 0.2) is 4.34 Å².